The van der Waals surface area contributed by atoms with Crippen LogP contribution in [0.15, 0.2) is 216 Å². The van der Waals surface area contributed by atoms with E-state index in [1.165, 1.54) is 66.6 Å². The molecule has 10 heteroatoms. The first kappa shape index (κ1) is 57.3. The Hall–Kier alpha value is -2.76. The van der Waals surface area contributed by atoms with Crippen molar-refractivity contribution in [3.05, 3.63) is 216 Å². The Bertz CT molecular complexity index is 2340. The average Bonchev–Trinajstić information content (AvgIpc) is 4.05. The minimum Gasteiger partial charge on any atom is -1.00 e. The molecule has 62 heavy (non-hydrogen) atoms. The van der Waals surface area contributed by atoms with Crippen LogP contribution in [0.2, 0.25) is 26.2 Å². The standard InChI is InChI=1S/2C17H19NSi.2C9H7.4ClH.2Zr/c2*1-13-9-14-11-16(12-19(2)3)18(17(14)10-13)15-7-5-4-6-8-15;2*1-2-5-9-7-3-6-8(9)4-1;;;;;;/h2*4-12,16H,1-3H3;2*1-7H;4*1H;;/q;;2*-1;;;;;2*+4/p-4. The molecule has 0 saturated carbocycles. The molecule has 312 valence electrons. The molecular formula is C52H52Cl4N2Si2Zr2+2. The Morgan fingerprint density at radius 1 is 0.452 bits per heavy atom. The number of hydrogen-bond acceptors (Lipinski definition) is 2. The zero-order chi connectivity index (χ0) is 39.0. The molecule has 6 aromatic carbocycles. The normalized spacial score (nSPS) is 15.6. The summed E-state index contributed by atoms with van der Waals surface area (Å²) in [5.41, 5.74) is 15.7. The Balaban J connectivity index is 0.000000420. The van der Waals surface area contributed by atoms with E-state index in [4.69, 9.17) is 0 Å². The number of fused-ring (bicyclic) bond motifs is 4. The second-order valence-electron chi connectivity index (χ2n) is 15.3. The fourth-order valence-electron chi connectivity index (χ4n) is 7.71. The van der Waals surface area contributed by atoms with E-state index in [9.17, 15) is 0 Å². The number of para-hydroxylation sites is 2. The largest absolute Gasteiger partial charge is 4.00 e. The predicted molar refractivity (Wildman–Crippen MR) is 251 cm³/mol. The molecular weight excluding hydrogens is 1030 g/mol. The molecule has 2 aliphatic heterocycles. The van der Waals surface area contributed by atoms with Gasteiger partial charge in [-0.2, -0.15) is 35.0 Å². The van der Waals surface area contributed by atoms with Gasteiger partial charge in [0.1, 0.15) is 0 Å². The monoisotopic (exact) mass is 1080 g/mol. The summed E-state index contributed by atoms with van der Waals surface area (Å²) in [6, 6.07) is 51.6. The summed E-state index contributed by atoms with van der Waals surface area (Å²) in [5, 5.41) is 5.32. The molecule has 0 radical (unpaired) electrons. The molecule has 4 aliphatic rings. The van der Waals surface area contributed by atoms with Crippen LogP contribution < -0.4 is 59.4 Å². The van der Waals surface area contributed by atoms with Gasteiger partial charge in [-0.1, -0.05) is 98.2 Å². The third-order valence-corrected chi connectivity index (χ3v) is 12.1. The van der Waals surface area contributed by atoms with Crippen molar-refractivity contribution in [2.75, 3.05) is 9.80 Å². The zero-order valence-corrected chi connectivity index (χ0v) is 46.0. The SMILES string of the molecule is CC1=CC2=CC(C=[Si](C)C)N(c3ccccc3)C2=C1.CC1=CC2=CC(C=[Si](C)C)N(c3ccccc3)C2=C1.[Cl-].[Cl-].[Cl-].[Cl-].[Zr+4].[Zr+4].c1ccc2[cH-]ccc2c1.c1ccc2[cH-]ccc2c1. The van der Waals surface area contributed by atoms with Gasteiger partial charge in [0.2, 0.25) is 0 Å². The molecule has 2 aliphatic carbocycles. The smallest absolute Gasteiger partial charge is 1.00 e. The molecule has 0 N–H and O–H groups in total. The van der Waals surface area contributed by atoms with Crippen LogP contribution in [0.5, 0.6) is 0 Å². The minimum absolute atomic E-state index is 0. The van der Waals surface area contributed by atoms with Gasteiger partial charge in [0.05, 0.1) is 12.1 Å². The van der Waals surface area contributed by atoms with E-state index in [-0.39, 0.29) is 119 Å². The van der Waals surface area contributed by atoms with Crippen LogP contribution >= 0.6 is 0 Å². The number of anilines is 2. The fourth-order valence-corrected chi connectivity index (χ4v) is 9.57. The van der Waals surface area contributed by atoms with Gasteiger partial charge < -0.3 is 59.4 Å². The van der Waals surface area contributed by atoms with E-state index in [1.807, 2.05) is 0 Å². The van der Waals surface area contributed by atoms with Crippen LogP contribution in [0.3, 0.4) is 0 Å². The van der Waals surface area contributed by atoms with Crippen molar-refractivity contribution in [3.8, 4) is 0 Å². The van der Waals surface area contributed by atoms with Crippen LogP contribution in [0.4, 0.5) is 11.4 Å². The fraction of sp³-hybridized carbons (Fsp3) is 0.154. The van der Waals surface area contributed by atoms with Crippen molar-refractivity contribution in [2.24, 2.45) is 0 Å². The van der Waals surface area contributed by atoms with E-state index in [2.05, 4.69) is 243 Å². The quantitative estimate of drug-likeness (QED) is 0.190. The third-order valence-electron chi connectivity index (χ3n) is 10.1. The molecule has 10 rings (SSSR count). The van der Waals surface area contributed by atoms with Gasteiger partial charge in [0.25, 0.3) is 0 Å². The summed E-state index contributed by atoms with van der Waals surface area (Å²) >= 11 is 0. The summed E-state index contributed by atoms with van der Waals surface area (Å²) in [7, 11) is -0.720. The first-order chi connectivity index (χ1) is 27.2. The van der Waals surface area contributed by atoms with Gasteiger partial charge in [-0.25, -0.2) is 0 Å². The van der Waals surface area contributed by atoms with Gasteiger partial charge in [0, 0.05) is 39.6 Å². The van der Waals surface area contributed by atoms with Crippen molar-refractivity contribution < 1.29 is 102 Å². The molecule has 6 aromatic rings. The van der Waals surface area contributed by atoms with Gasteiger partial charge in [0.15, 0.2) is 0 Å². The molecule has 2 nitrogen and oxygen atoms in total. The second-order valence-corrected chi connectivity index (χ2v) is 20.2. The van der Waals surface area contributed by atoms with Crippen molar-refractivity contribution in [2.45, 2.75) is 52.1 Å². The first-order valence-electron chi connectivity index (χ1n) is 19.7. The maximum atomic E-state index is 2.51. The third kappa shape index (κ3) is 14.6. The summed E-state index contributed by atoms with van der Waals surface area (Å²) in [6.45, 7) is 13.7. The number of hydrogen-bond donors (Lipinski definition) is 0. The van der Waals surface area contributed by atoms with Crippen LogP contribution in [0, 0.1) is 0 Å². The number of halogens is 4. The second kappa shape index (κ2) is 27.5. The molecule has 2 atom stereocenters. The molecule has 2 heterocycles. The van der Waals surface area contributed by atoms with Gasteiger partial charge in [-0.15, -0.1) is 59.3 Å². The molecule has 0 saturated heterocycles. The molecule has 0 bridgehead atoms. The van der Waals surface area contributed by atoms with Crippen molar-refractivity contribution in [1.82, 2.24) is 0 Å². The number of rotatable bonds is 4. The molecule has 0 spiro atoms. The van der Waals surface area contributed by atoms with Gasteiger partial charge in [-0.3, -0.25) is 0 Å². The van der Waals surface area contributed by atoms with Gasteiger partial charge in [-0.05, 0) is 84.7 Å². The zero-order valence-electron chi connectivity index (χ0n) is 36.0. The first-order valence-corrected chi connectivity index (χ1v) is 24.8. The molecule has 0 aromatic heterocycles. The number of nitrogens with zero attached hydrogens (tertiary/aromatic N) is 2. The molecule has 0 fully saturated rings. The van der Waals surface area contributed by atoms with E-state index in [0.717, 1.165) is 0 Å². The van der Waals surface area contributed by atoms with Crippen LogP contribution in [0.1, 0.15) is 13.8 Å². The van der Waals surface area contributed by atoms with E-state index < -0.39 is 0 Å². The number of benzene rings is 4. The van der Waals surface area contributed by atoms with E-state index in [1.54, 1.807) is 0 Å². The molecule has 2 unspecified atom stereocenters. The van der Waals surface area contributed by atoms with Crippen molar-refractivity contribution in [1.29, 1.82) is 0 Å². The minimum atomic E-state index is -0.360. The Labute approximate surface area is 436 Å². The van der Waals surface area contributed by atoms with E-state index in [0.29, 0.717) is 12.1 Å². The summed E-state index contributed by atoms with van der Waals surface area (Å²) in [6.07, 6.45) is 14.0. The average molecular weight is 1090 g/mol. The predicted octanol–water partition coefficient (Wildman–Crippen LogP) is 0.696. The van der Waals surface area contributed by atoms with Crippen molar-refractivity contribution >= 4 is 61.1 Å². The van der Waals surface area contributed by atoms with Crippen LogP contribution in [-0.4, -0.2) is 40.2 Å². The molecule has 0 amide bonds. The Morgan fingerprint density at radius 2 is 0.790 bits per heavy atom. The Morgan fingerprint density at radius 3 is 1.13 bits per heavy atom. The maximum absolute atomic E-state index is 2.51. The summed E-state index contributed by atoms with van der Waals surface area (Å²) in [4.78, 5) is 4.92. The maximum Gasteiger partial charge on any atom is 4.00 e. The van der Waals surface area contributed by atoms with Crippen molar-refractivity contribution in [3.63, 3.8) is 0 Å². The van der Waals surface area contributed by atoms with Crippen LogP contribution in [-0.2, 0) is 52.4 Å². The van der Waals surface area contributed by atoms with Crippen LogP contribution in [0.25, 0.3) is 21.5 Å². The summed E-state index contributed by atoms with van der Waals surface area (Å²) < 4.78 is 0. The van der Waals surface area contributed by atoms with Gasteiger partial charge >= 0.3 is 52.4 Å². The Kier molecular flexibility index (Phi) is 25.4. The summed E-state index contributed by atoms with van der Waals surface area (Å²) in [5.74, 6) is 0. The van der Waals surface area contributed by atoms with E-state index >= 15 is 0 Å². The topological polar surface area (TPSA) is 6.48 Å². The number of allylic oxidation sites excluding steroid dienone is 6.